The lowest BCUT2D eigenvalue weighted by Crippen LogP contribution is -2.35. The van der Waals surface area contributed by atoms with Gasteiger partial charge < -0.3 is 15.4 Å². The third-order valence-corrected chi connectivity index (χ3v) is 7.49. The molecule has 1 aliphatic heterocycles. The van der Waals surface area contributed by atoms with Gasteiger partial charge in [-0.25, -0.2) is 4.98 Å². The summed E-state index contributed by atoms with van der Waals surface area (Å²) in [6.45, 7) is 1.38. The average molecular weight is 506 g/mol. The fraction of sp³-hybridized carbons (Fsp3) is 0.333. The highest BCUT2D eigenvalue weighted by molar-refractivity contribution is 9.10. The molecule has 33 heavy (non-hydrogen) atoms. The van der Waals surface area contributed by atoms with Crippen molar-refractivity contribution in [2.75, 3.05) is 13.7 Å². The van der Waals surface area contributed by atoms with E-state index in [1.807, 2.05) is 0 Å². The predicted molar refractivity (Wildman–Crippen MR) is 134 cm³/mol. The molecule has 2 N–H and O–H groups in total. The van der Waals surface area contributed by atoms with Gasteiger partial charge in [0.05, 0.1) is 12.8 Å². The van der Waals surface area contributed by atoms with Gasteiger partial charge in [0.15, 0.2) is 0 Å². The number of hydrogen-bond acceptors (Lipinski definition) is 4. The molecule has 3 aromatic rings. The number of halogens is 1. The number of methoxy groups -OCH3 is 1. The third-order valence-electron chi connectivity index (χ3n) is 6.63. The van der Waals surface area contributed by atoms with Crippen molar-refractivity contribution >= 4 is 21.8 Å². The molecule has 2 aromatic carbocycles. The number of fused-ring (bicyclic) bond motifs is 1. The lowest BCUT2D eigenvalue weighted by Gasteiger charge is -2.16. The third kappa shape index (κ3) is 4.55. The number of aryl methyl sites for hydroxylation is 1. The van der Waals surface area contributed by atoms with E-state index in [2.05, 4.69) is 75.1 Å². The second kappa shape index (κ2) is 9.65. The van der Waals surface area contributed by atoms with E-state index in [4.69, 9.17) is 9.72 Å². The van der Waals surface area contributed by atoms with E-state index in [0.29, 0.717) is 18.8 Å². The lowest BCUT2D eigenvalue weighted by atomic mass is 9.95. The van der Waals surface area contributed by atoms with Gasteiger partial charge in [0.25, 0.3) is 0 Å². The second-order valence-electron chi connectivity index (χ2n) is 8.76. The molecule has 6 heteroatoms. The Morgan fingerprint density at radius 2 is 1.88 bits per heavy atom. The van der Waals surface area contributed by atoms with E-state index >= 15 is 0 Å². The standard InChI is InChI=1S/C27H28BrN3O2/c1-33-27-18(15-29-16-19-12-14-25(32)30-19)11-13-24(31-27)23-10-4-9-22(26(23)28)21-8-3-6-17-5-2-7-20(17)21/h3-4,6,8-11,13,19,29H,2,5,7,12,14-16H2,1H3,(H,30,32). The number of nitrogens with one attached hydrogen (secondary N) is 2. The quantitative estimate of drug-likeness (QED) is 0.471. The van der Waals surface area contributed by atoms with Crippen LogP contribution < -0.4 is 15.4 Å². The summed E-state index contributed by atoms with van der Waals surface area (Å²) in [4.78, 5) is 16.2. The number of carbonyl (C=O) groups excluding carboxylic acids is 1. The van der Waals surface area contributed by atoms with E-state index in [1.54, 1.807) is 7.11 Å². The number of amides is 1. The van der Waals surface area contributed by atoms with Crippen molar-refractivity contribution in [2.24, 2.45) is 0 Å². The molecule has 0 radical (unpaired) electrons. The fourth-order valence-corrected chi connectivity index (χ4v) is 5.63. The van der Waals surface area contributed by atoms with Crippen LogP contribution in [0.3, 0.4) is 0 Å². The number of hydrogen-bond donors (Lipinski definition) is 2. The zero-order valence-corrected chi connectivity index (χ0v) is 20.4. The van der Waals surface area contributed by atoms with E-state index in [-0.39, 0.29) is 11.9 Å². The lowest BCUT2D eigenvalue weighted by molar-refractivity contribution is -0.119. The average Bonchev–Trinajstić information content (AvgIpc) is 3.48. The fourth-order valence-electron chi connectivity index (χ4n) is 4.95. The minimum absolute atomic E-state index is 0.138. The monoisotopic (exact) mass is 505 g/mol. The van der Waals surface area contributed by atoms with E-state index in [1.165, 1.54) is 35.1 Å². The number of nitrogens with zero attached hydrogens (tertiary/aromatic N) is 1. The first kappa shape index (κ1) is 22.1. The van der Waals surface area contributed by atoms with Gasteiger partial charge in [-0.2, -0.15) is 0 Å². The molecule has 1 aromatic heterocycles. The van der Waals surface area contributed by atoms with Crippen LogP contribution in [0.15, 0.2) is 53.0 Å². The zero-order valence-electron chi connectivity index (χ0n) is 18.8. The summed E-state index contributed by atoms with van der Waals surface area (Å²) < 4.78 is 6.68. The van der Waals surface area contributed by atoms with Crippen LogP contribution in [0.5, 0.6) is 5.88 Å². The van der Waals surface area contributed by atoms with Crippen LogP contribution in [0.25, 0.3) is 22.4 Å². The van der Waals surface area contributed by atoms with Gasteiger partial charge in [-0.15, -0.1) is 0 Å². The maximum Gasteiger partial charge on any atom is 0.220 e. The van der Waals surface area contributed by atoms with Crippen LogP contribution in [0.4, 0.5) is 0 Å². The van der Waals surface area contributed by atoms with Crippen LogP contribution in [0, 0.1) is 0 Å². The molecule has 1 saturated heterocycles. The SMILES string of the molecule is COc1nc(-c2cccc(-c3cccc4c3CCC4)c2Br)ccc1CNCC1CCC(=O)N1. The highest BCUT2D eigenvalue weighted by Crippen LogP contribution is 2.40. The van der Waals surface area contributed by atoms with Gasteiger partial charge >= 0.3 is 0 Å². The zero-order chi connectivity index (χ0) is 22.8. The summed E-state index contributed by atoms with van der Waals surface area (Å²) >= 11 is 3.88. The van der Waals surface area contributed by atoms with Crippen molar-refractivity contribution in [2.45, 2.75) is 44.7 Å². The molecule has 1 amide bonds. The van der Waals surface area contributed by atoms with Crippen LogP contribution in [0.2, 0.25) is 0 Å². The number of rotatable bonds is 7. The van der Waals surface area contributed by atoms with E-state index in [9.17, 15) is 4.79 Å². The summed E-state index contributed by atoms with van der Waals surface area (Å²) in [5, 5.41) is 6.41. The molecule has 170 valence electrons. The van der Waals surface area contributed by atoms with Gasteiger partial charge in [0, 0.05) is 41.2 Å². The summed E-state index contributed by atoms with van der Waals surface area (Å²) in [7, 11) is 1.66. The van der Waals surface area contributed by atoms with E-state index in [0.717, 1.165) is 40.7 Å². The molecule has 5 rings (SSSR count). The Kier molecular flexibility index (Phi) is 6.47. The van der Waals surface area contributed by atoms with Gasteiger partial charge in [-0.05, 0) is 69.9 Å². The molecule has 1 atom stereocenters. The van der Waals surface area contributed by atoms with Crippen molar-refractivity contribution in [1.82, 2.24) is 15.6 Å². The van der Waals surface area contributed by atoms with Crippen molar-refractivity contribution in [3.8, 4) is 28.3 Å². The van der Waals surface area contributed by atoms with Gasteiger partial charge in [-0.3, -0.25) is 4.79 Å². The largest absolute Gasteiger partial charge is 0.481 e. The second-order valence-corrected chi connectivity index (χ2v) is 9.56. The van der Waals surface area contributed by atoms with Crippen LogP contribution >= 0.6 is 15.9 Å². The molecule has 1 unspecified atom stereocenters. The maximum atomic E-state index is 11.4. The Bertz CT molecular complexity index is 1190. The molecule has 1 fully saturated rings. The Morgan fingerprint density at radius 1 is 1.06 bits per heavy atom. The smallest absolute Gasteiger partial charge is 0.220 e. The Balaban J connectivity index is 1.39. The summed E-state index contributed by atoms with van der Waals surface area (Å²) in [6, 6.07) is 17.3. The Labute approximate surface area is 203 Å². The van der Waals surface area contributed by atoms with Crippen molar-refractivity contribution in [3.05, 3.63) is 69.7 Å². The molecule has 0 saturated carbocycles. The number of benzene rings is 2. The molecule has 2 aliphatic rings. The molecule has 0 bridgehead atoms. The maximum absolute atomic E-state index is 11.4. The van der Waals surface area contributed by atoms with Gasteiger partial charge in [0.2, 0.25) is 11.8 Å². The number of ether oxygens (including phenoxy) is 1. The van der Waals surface area contributed by atoms with Crippen molar-refractivity contribution < 1.29 is 9.53 Å². The minimum Gasteiger partial charge on any atom is -0.481 e. The van der Waals surface area contributed by atoms with Crippen LogP contribution in [-0.4, -0.2) is 30.6 Å². The minimum atomic E-state index is 0.138. The normalized spacial score (nSPS) is 17.2. The van der Waals surface area contributed by atoms with Gasteiger partial charge in [-0.1, -0.05) is 42.5 Å². The van der Waals surface area contributed by atoms with Crippen LogP contribution in [0.1, 0.15) is 36.0 Å². The number of aromatic nitrogens is 1. The summed E-state index contributed by atoms with van der Waals surface area (Å²) in [5.74, 6) is 0.757. The van der Waals surface area contributed by atoms with Crippen molar-refractivity contribution in [3.63, 3.8) is 0 Å². The highest BCUT2D eigenvalue weighted by atomic mass is 79.9. The first-order chi connectivity index (χ1) is 16.1. The first-order valence-corrected chi connectivity index (χ1v) is 12.4. The van der Waals surface area contributed by atoms with Crippen LogP contribution in [-0.2, 0) is 24.2 Å². The molecular formula is C27H28BrN3O2. The summed E-state index contributed by atoms with van der Waals surface area (Å²) in [5.41, 5.74) is 8.38. The topological polar surface area (TPSA) is 63.2 Å². The molecule has 0 spiro atoms. The number of carbonyl (C=O) groups is 1. The highest BCUT2D eigenvalue weighted by Gasteiger charge is 2.21. The van der Waals surface area contributed by atoms with Gasteiger partial charge in [0.1, 0.15) is 0 Å². The molecular weight excluding hydrogens is 478 g/mol. The summed E-state index contributed by atoms with van der Waals surface area (Å²) in [6.07, 6.45) is 5.04. The Morgan fingerprint density at radius 3 is 2.70 bits per heavy atom. The molecule has 2 heterocycles. The predicted octanol–water partition coefficient (Wildman–Crippen LogP) is 5.04. The Hall–Kier alpha value is -2.70. The van der Waals surface area contributed by atoms with Crippen molar-refractivity contribution in [1.29, 1.82) is 0 Å². The number of pyridine rings is 1. The molecule has 5 nitrogen and oxygen atoms in total. The first-order valence-electron chi connectivity index (χ1n) is 11.6. The van der Waals surface area contributed by atoms with E-state index < -0.39 is 0 Å². The molecule has 1 aliphatic carbocycles.